The van der Waals surface area contributed by atoms with E-state index in [1.54, 1.807) is 0 Å². The lowest BCUT2D eigenvalue weighted by atomic mass is 9.70. The largest absolute Gasteiger partial charge is 0.329 e. The molecule has 2 heteroatoms. The van der Waals surface area contributed by atoms with Gasteiger partial charge in [-0.25, -0.2) is 0 Å². The molecule has 0 bridgehead atoms. The van der Waals surface area contributed by atoms with Crippen molar-refractivity contribution in [2.75, 3.05) is 19.6 Å². The van der Waals surface area contributed by atoms with Gasteiger partial charge in [-0.05, 0) is 57.0 Å². The fraction of sp³-hybridized carbons (Fsp3) is 1.00. The van der Waals surface area contributed by atoms with Gasteiger partial charge in [0, 0.05) is 12.1 Å². The monoisotopic (exact) mass is 238 g/mol. The van der Waals surface area contributed by atoms with E-state index in [1.807, 2.05) is 0 Å². The van der Waals surface area contributed by atoms with Crippen LogP contribution >= 0.6 is 0 Å². The van der Waals surface area contributed by atoms with Crippen LogP contribution in [0.2, 0.25) is 0 Å². The third-order valence-electron chi connectivity index (χ3n) is 5.40. The summed E-state index contributed by atoms with van der Waals surface area (Å²) in [6, 6.07) is 0. The van der Waals surface area contributed by atoms with Crippen molar-refractivity contribution >= 4 is 0 Å². The zero-order valence-corrected chi connectivity index (χ0v) is 11.8. The number of hydrogen-bond acceptors (Lipinski definition) is 2. The number of nitrogens with zero attached hydrogens (tertiary/aromatic N) is 1. The summed E-state index contributed by atoms with van der Waals surface area (Å²) in [5.74, 6) is 1.73. The summed E-state index contributed by atoms with van der Waals surface area (Å²) < 4.78 is 0. The van der Waals surface area contributed by atoms with Crippen molar-refractivity contribution in [1.82, 2.24) is 4.90 Å². The molecule has 2 N–H and O–H groups in total. The number of hydrogen-bond donors (Lipinski definition) is 1. The van der Waals surface area contributed by atoms with Crippen LogP contribution < -0.4 is 5.73 Å². The molecule has 0 aromatic carbocycles. The molecule has 1 saturated carbocycles. The van der Waals surface area contributed by atoms with Crippen molar-refractivity contribution in [1.29, 1.82) is 0 Å². The maximum absolute atomic E-state index is 6.19. The summed E-state index contributed by atoms with van der Waals surface area (Å²) in [4.78, 5) is 2.75. The van der Waals surface area contributed by atoms with Gasteiger partial charge in [-0.15, -0.1) is 0 Å². The second-order valence-electron chi connectivity index (χ2n) is 6.53. The average Bonchev–Trinajstić information content (AvgIpc) is 2.62. The average molecular weight is 238 g/mol. The predicted octanol–water partition coefficient (Wildman–Crippen LogP) is 3.02. The summed E-state index contributed by atoms with van der Waals surface area (Å²) in [5, 5.41) is 0. The van der Waals surface area contributed by atoms with E-state index in [-0.39, 0.29) is 0 Å². The van der Waals surface area contributed by atoms with Crippen molar-refractivity contribution in [3.8, 4) is 0 Å². The van der Waals surface area contributed by atoms with E-state index in [0.29, 0.717) is 5.54 Å². The maximum Gasteiger partial charge on any atom is 0.0334 e. The van der Waals surface area contributed by atoms with Gasteiger partial charge in [-0.3, -0.25) is 4.90 Å². The third kappa shape index (κ3) is 2.85. The van der Waals surface area contributed by atoms with Gasteiger partial charge in [0.1, 0.15) is 0 Å². The molecule has 0 amide bonds. The highest BCUT2D eigenvalue weighted by molar-refractivity contribution is 4.97. The second kappa shape index (κ2) is 5.71. The van der Waals surface area contributed by atoms with E-state index < -0.39 is 0 Å². The zero-order valence-electron chi connectivity index (χ0n) is 11.8. The van der Waals surface area contributed by atoms with Crippen molar-refractivity contribution in [2.24, 2.45) is 17.6 Å². The van der Waals surface area contributed by atoms with Crippen LogP contribution in [0, 0.1) is 11.8 Å². The van der Waals surface area contributed by atoms with Crippen LogP contribution in [0.25, 0.3) is 0 Å². The van der Waals surface area contributed by atoms with Gasteiger partial charge in [0.05, 0.1) is 0 Å². The molecule has 1 heterocycles. The lowest BCUT2D eigenvalue weighted by molar-refractivity contribution is 0.0235. The maximum atomic E-state index is 6.19. The molecule has 3 unspecified atom stereocenters. The minimum atomic E-state index is 0.344. The first-order valence-corrected chi connectivity index (χ1v) is 7.63. The van der Waals surface area contributed by atoms with Gasteiger partial charge in [0.15, 0.2) is 0 Å². The van der Waals surface area contributed by atoms with Gasteiger partial charge in [-0.2, -0.15) is 0 Å². The molecule has 1 saturated heterocycles. The topological polar surface area (TPSA) is 29.3 Å². The summed E-state index contributed by atoms with van der Waals surface area (Å²) in [7, 11) is 0. The standard InChI is InChI=1S/C15H30N2/c1-13-7-8-15(12-16,11-14(13)2)17-9-5-3-4-6-10-17/h13-14H,3-12,16H2,1-2H3. The Balaban J connectivity index is 2.07. The summed E-state index contributed by atoms with van der Waals surface area (Å²) in [6.07, 6.45) is 9.62. The molecule has 3 atom stereocenters. The smallest absolute Gasteiger partial charge is 0.0334 e. The molecule has 2 rings (SSSR count). The molecular formula is C15H30N2. The van der Waals surface area contributed by atoms with Crippen LogP contribution in [0.1, 0.15) is 58.8 Å². The van der Waals surface area contributed by atoms with Crippen molar-refractivity contribution in [3.05, 3.63) is 0 Å². The minimum Gasteiger partial charge on any atom is -0.329 e. The van der Waals surface area contributed by atoms with Gasteiger partial charge in [0.2, 0.25) is 0 Å². The van der Waals surface area contributed by atoms with Crippen LogP contribution in [0.3, 0.4) is 0 Å². The summed E-state index contributed by atoms with van der Waals surface area (Å²) in [5.41, 5.74) is 6.53. The molecule has 0 spiro atoms. The molecule has 0 aromatic rings. The van der Waals surface area contributed by atoms with Crippen LogP contribution in [-0.4, -0.2) is 30.1 Å². The SMILES string of the molecule is CC1CCC(CN)(N2CCCCCC2)CC1C. The Labute approximate surface area is 107 Å². The lowest BCUT2D eigenvalue weighted by Gasteiger charge is -2.49. The highest BCUT2D eigenvalue weighted by atomic mass is 15.2. The fourth-order valence-electron chi connectivity index (χ4n) is 3.83. The summed E-state index contributed by atoms with van der Waals surface area (Å²) >= 11 is 0. The first kappa shape index (κ1) is 13.4. The van der Waals surface area contributed by atoms with Crippen LogP contribution in [0.15, 0.2) is 0 Å². The first-order valence-electron chi connectivity index (χ1n) is 7.63. The molecule has 17 heavy (non-hydrogen) atoms. The molecule has 1 aliphatic carbocycles. The number of rotatable bonds is 2. The van der Waals surface area contributed by atoms with Crippen molar-refractivity contribution in [3.63, 3.8) is 0 Å². The Morgan fingerprint density at radius 3 is 2.24 bits per heavy atom. The molecule has 100 valence electrons. The van der Waals surface area contributed by atoms with E-state index >= 15 is 0 Å². The predicted molar refractivity (Wildman–Crippen MR) is 74.0 cm³/mol. The van der Waals surface area contributed by atoms with Gasteiger partial charge >= 0.3 is 0 Å². The van der Waals surface area contributed by atoms with E-state index in [9.17, 15) is 0 Å². The molecule has 0 radical (unpaired) electrons. The fourth-order valence-corrected chi connectivity index (χ4v) is 3.83. The summed E-state index contributed by atoms with van der Waals surface area (Å²) in [6.45, 7) is 8.28. The Hall–Kier alpha value is -0.0800. The van der Waals surface area contributed by atoms with Gasteiger partial charge in [0.25, 0.3) is 0 Å². The number of likely N-dealkylation sites (tertiary alicyclic amines) is 1. The Kier molecular flexibility index (Phi) is 4.48. The molecule has 1 aliphatic heterocycles. The van der Waals surface area contributed by atoms with Crippen LogP contribution in [-0.2, 0) is 0 Å². The molecule has 0 aromatic heterocycles. The molecule has 2 nitrogen and oxygen atoms in total. The molecule has 2 fully saturated rings. The van der Waals surface area contributed by atoms with Crippen molar-refractivity contribution in [2.45, 2.75) is 64.3 Å². The van der Waals surface area contributed by atoms with Gasteiger partial charge in [-0.1, -0.05) is 26.7 Å². The minimum absolute atomic E-state index is 0.344. The van der Waals surface area contributed by atoms with Crippen LogP contribution in [0.4, 0.5) is 0 Å². The van der Waals surface area contributed by atoms with Gasteiger partial charge < -0.3 is 5.73 Å². The highest BCUT2D eigenvalue weighted by Crippen LogP contribution is 2.40. The molecule has 2 aliphatic rings. The van der Waals surface area contributed by atoms with Crippen LogP contribution in [0.5, 0.6) is 0 Å². The Bertz CT molecular complexity index is 233. The number of nitrogens with two attached hydrogens (primary N) is 1. The van der Waals surface area contributed by atoms with E-state index in [4.69, 9.17) is 5.73 Å². The highest BCUT2D eigenvalue weighted by Gasteiger charge is 2.41. The zero-order chi connectivity index (χ0) is 12.3. The third-order valence-corrected chi connectivity index (χ3v) is 5.40. The normalized spacial score (nSPS) is 41.1. The second-order valence-corrected chi connectivity index (χ2v) is 6.53. The van der Waals surface area contributed by atoms with E-state index in [0.717, 1.165) is 18.4 Å². The van der Waals surface area contributed by atoms with E-state index in [1.165, 1.54) is 58.0 Å². The lowest BCUT2D eigenvalue weighted by Crippen LogP contribution is -2.57. The van der Waals surface area contributed by atoms with Crippen molar-refractivity contribution < 1.29 is 0 Å². The Morgan fingerprint density at radius 2 is 1.71 bits per heavy atom. The molecular weight excluding hydrogens is 208 g/mol. The first-order chi connectivity index (χ1) is 8.18. The quantitative estimate of drug-likeness (QED) is 0.801. The van der Waals surface area contributed by atoms with E-state index in [2.05, 4.69) is 18.7 Å². The Morgan fingerprint density at radius 1 is 1.06 bits per heavy atom.